The monoisotopic (exact) mass is 402 g/mol. The second-order valence-corrected chi connectivity index (χ2v) is 6.52. The molecule has 118 valence electrons. The number of benzene rings is 2. The average molecular weight is 404 g/mol. The number of amides is 1. The van der Waals surface area contributed by atoms with Crippen LogP contribution in [0, 0.1) is 6.92 Å². The zero-order valence-corrected chi connectivity index (χ0v) is 15.3. The molecule has 6 heteroatoms. The Hall–Kier alpha value is -1.07. The molecule has 1 amide bonds. The zero-order chi connectivity index (χ0) is 16.7. The molecule has 0 aliphatic rings. The van der Waals surface area contributed by atoms with Crippen molar-refractivity contribution in [1.29, 1.82) is 0 Å². The van der Waals surface area contributed by atoms with Crippen molar-refractivity contribution in [3.63, 3.8) is 0 Å². The number of hydrogen-bond acceptors (Lipinski definition) is 2. The summed E-state index contributed by atoms with van der Waals surface area (Å²) in [6, 6.07) is 12.5. The van der Waals surface area contributed by atoms with Gasteiger partial charge in [0, 0.05) is 20.2 Å². The Morgan fingerprint density at radius 3 is 2.05 bits per heavy atom. The fourth-order valence-electron chi connectivity index (χ4n) is 1.42. The van der Waals surface area contributed by atoms with E-state index in [0.717, 1.165) is 4.47 Å². The first-order valence-corrected chi connectivity index (χ1v) is 8.07. The highest BCUT2D eigenvalue weighted by atomic mass is 79.9. The second kappa shape index (κ2) is 9.16. The van der Waals surface area contributed by atoms with E-state index in [2.05, 4.69) is 40.3 Å². The lowest BCUT2D eigenvalue weighted by molar-refractivity contribution is -0.117. The molecule has 0 aromatic heterocycles. The molecular formula is C16H17BrCl2N2O. The molecule has 0 spiro atoms. The van der Waals surface area contributed by atoms with E-state index in [1.165, 1.54) is 5.56 Å². The van der Waals surface area contributed by atoms with Crippen molar-refractivity contribution >= 4 is 50.7 Å². The van der Waals surface area contributed by atoms with Gasteiger partial charge in [-0.3, -0.25) is 4.79 Å². The first-order chi connectivity index (χ1) is 10.3. The Morgan fingerprint density at radius 1 is 1.14 bits per heavy atom. The third-order valence-electron chi connectivity index (χ3n) is 2.55. The Balaban J connectivity index is 0.000000255. The molecule has 2 rings (SSSR count). The number of hydrogen-bond donors (Lipinski definition) is 2. The maximum absolute atomic E-state index is 11.2. The predicted octanol–water partition coefficient (Wildman–Crippen LogP) is 5.04. The molecule has 3 nitrogen and oxygen atoms in total. The molecule has 1 atom stereocenters. The zero-order valence-electron chi connectivity index (χ0n) is 12.2. The van der Waals surface area contributed by atoms with E-state index < -0.39 is 6.04 Å². The van der Waals surface area contributed by atoms with Crippen molar-refractivity contribution in [3.8, 4) is 0 Å². The maximum atomic E-state index is 11.2. The summed E-state index contributed by atoms with van der Waals surface area (Å²) in [7, 11) is 0. The molecule has 3 N–H and O–H groups in total. The number of rotatable bonds is 2. The van der Waals surface area contributed by atoms with Crippen LogP contribution in [0.1, 0.15) is 12.5 Å². The lowest BCUT2D eigenvalue weighted by atomic mass is 10.2. The van der Waals surface area contributed by atoms with Gasteiger partial charge in [0.1, 0.15) is 0 Å². The molecule has 22 heavy (non-hydrogen) atoms. The Labute approximate surface area is 148 Å². The summed E-state index contributed by atoms with van der Waals surface area (Å²) in [5.41, 5.74) is 7.23. The third kappa shape index (κ3) is 7.27. The Morgan fingerprint density at radius 2 is 1.64 bits per heavy atom. The van der Waals surface area contributed by atoms with Crippen LogP contribution < -0.4 is 11.1 Å². The normalized spacial score (nSPS) is 11.2. The highest BCUT2D eigenvalue weighted by molar-refractivity contribution is 9.10. The molecule has 0 heterocycles. The van der Waals surface area contributed by atoms with Crippen molar-refractivity contribution in [1.82, 2.24) is 0 Å². The van der Waals surface area contributed by atoms with Gasteiger partial charge in [-0.2, -0.15) is 0 Å². The van der Waals surface area contributed by atoms with Crippen LogP contribution in [-0.4, -0.2) is 11.9 Å². The number of anilines is 1. The fraction of sp³-hybridized carbons (Fsp3) is 0.188. The van der Waals surface area contributed by atoms with Crippen LogP contribution >= 0.6 is 39.1 Å². The highest BCUT2D eigenvalue weighted by Gasteiger charge is 2.08. The van der Waals surface area contributed by atoms with Crippen LogP contribution in [0.5, 0.6) is 0 Å². The summed E-state index contributed by atoms with van der Waals surface area (Å²) in [4.78, 5) is 11.2. The fourth-order valence-corrected chi connectivity index (χ4v) is 2.21. The second-order valence-electron chi connectivity index (χ2n) is 4.73. The highest BCUT2D eigenvalue weighted by Crippen LogP contribution is 2.22. The SMILES string of the molecule is CC(N)C(=O)Nc1cc(Cl)cc(Cl)c1.Cc1ccc(Br)cc1. The van der Waals surface area contributed by atoms with E-state index in [1.807, 2.05) is 12.1 Å². The van der Waals surface area contributed by atoms with Crippen LogP contribution in [0.25, 0.3) is 0 Å². The van der Waals surface area contributed by atoms with E-state index in [4.69, 9.17) is 28.9 Å². The van der Waals surface area contributed by atoms with Gasteiger partial charge in [-0.15, -0.1) is 0 Å². The topological polar surface area (TPSA) is 55.1 Å². The largest absolute Gasteiger partial charge is 0.325 e. The van der Waals surface area contributed by atoms with Crippen LogP contribution in [0.2, 0.25) is 10.0 Å². The predicted molar refractivity (Wildman–Crippen MR) is 97.6 cm³/mol. The minimum atomic E-state index is -0.562. The first kappa shape index (κ1) is 19.0. The summed E-state index contributed by atoms with van der Waals surface area (Å²) in [5.74, 6) is -0.275. The van der Waals surface area contributed by atoms with Crippen molar-refractivity contribution in [2.75, 3.05) is 5.32 Å². The van der Waals surface area contributed by atoms with Crippen LogP contribution in [0.15, 0.2) is 46.9 Å². The summed E-state index contributed by atoms with van der Waals surface area (Å²) in [6.45, 7) is 3.67. The van der Waals surface area contributed by atoms with Crippen LogP contribution in [0.4, 0.5) is 5.69 Å². The van der Waals surface area contributed by atoms with Gasteiger partial charge in [0.05, 0.1) is 6.04 Å². The van der Waals surface area contributed by atoms with E-state index in [0.29, 0.717) is 15.7 Å². The number of nitrogens with two attached hydrogens (primary N) is 1. The van der Waals surface area contributed by atoms with E-state index in [1.54, 1.807) is 25.1 Å². The van der Waals surface area contributed by atoms with Gasteiger partial charge < -0.3 is 11.1 Å². The minimum Gasteiger partial charge on any atom is -0.325 e. The van der Waals surface area contributed by atoms with Gasteiger partial charge >= 0.3 is 0 Å². The summed E-state index contributed by atoms with van der Waals surface area (Å²) >= 11 is 14.8. The molecule has 0 bridgehead atoms. The Kier molecular flexibility index (Phi) is 7.90. The number of carbonyl (C=O) groups is 1. The van der Waals surface area contributed by atoms with Crippen LogP contribution in [-0.2, 0) is 4.79 Å². The molecule has 2 aromatic carbocycles. The van der Waals surface area contributed by atoms with Gasteiger partial charge in [0.15, 0.2) is 0 Å². The van der Waals surface area contributed by atoms with Gasteiger partial charge in [-0.25, -0.2) is 0 Å². The number of carbonyl (C=O) groups excluding carboxylic acids is 1. The molecule has 0 saturated heterocycles. The van der Waals surface area contributed by atoms with Crippen molar-refractivity contribution in [2.45, 2.75) is 19.9 Å². The standard InChI is InChI=1S/C9H10Cl2N2O.C7H7Br/c1-5(12)9(14)13-8-3-6(10)2-7(11)4-8;1-6-2-4-7(8)5-3-6/h2-5H,12H2,1H3,(H,13,14);2-5H,1H3. The molecule has 0 saturated carbocycles. The lowest BCUT2D eigenvalue weighted by Crippen LogP contribution is -2.32. The molecule has 0 fully saturated rings. The van der Waals surface area contributed by atoms with Gasteiger partial charge in [0.2, 0.25) is 5.91 Å². The maximum Gasteiger partial charge on any atom is 0.241 e. The number of aryl methyl sites for hydroxylation is 1. The van der Waals surface area contributed by atoms with Gasteiger partial charge in [0.25, 0.3) is 0 Å². The summed E-state index contributed by atoms with van der Waals surface area (Å²) < 4.78 is 1.14. The third-order valence-corrected chi connectivity index (χ3v) is 3.52. The lowest BCUT2D eigenvalue weighted by Gasteiger charge is -2.08. The van der Waals surface area contributed by atoms with Crippen molar-refractivity contribution in [3.05, 3.63) is 62.5 Å². The summed E-state index contributed by atoms with van der Waals surface area (Å²) in [5, 5.41) is 3.53. The van der Waals surface area contributed by atoms with E-state index in [9.17, 15) is 4.79 Å². The smallest absolute Gasteiger partial charge is 0.241 e. The van der Waals surface area contributed by atoms with Crippen LogP contribution in [0.3, 0.4) is 0 Å². The minimum absolute atomic E-state index is 0.275. The van der Waals surface area contributed by atoms with Gasteiger partial charge in [-0.05, 0) is 44.2 Å². The van der Waals surface area contributed by atoms with E-state index >= 15 is 0 Å². The number of halogens is 3. The first-order valence-electron chi connectivity index (χ1n) is 6.52. The number of nitrogens with one attached hydrogen (secondary N) is 1. The summed E-state index contributed by atoms with van der Waals surface area (Å²) in [6.07, 6.45) is 0. The molecular weight excluding hydrogens is 387 g/mol. The van der Waals surface area contributed by atoms with Crippen molar-refractivity contribution < 1.29 is 4.79 Å². The average Bonchev–Trinajstić information content (AvgIpc) is 2.41. The molecule has 1 unspecified atom stereocenters. The van der Waals surface area contributed by atoms with E-state index in [-0.39, 0.29) is 5.91 Å². The molecule has 0 aliphatic carbocycles. The van der Waals surface area contributed by atoms with Gasteiger partial charge in [-0.1, -0.05) is 56.8 Å². The molecule has 0 aliphatic heterocycles. The Bertz CT molecular complexity index is 589. The molecule has 2 aromatic rings. The van der Waals surface area contributed by atoms with Crippen molar-refractivity contribution in [2.24, 2.45) is 5.73 Å². The quantitative estimate of drug-likeness (QED) is 0.738. The molecule has 0 radical (unpaired) electrons.